The Balaban J connectivity index is 1.37. The van der Waals surface area contributed by atoms with E-state index in [1.54, 1.807) is 13.2 Å². The first kappa shape index (κ1) is 28.6. The van der Waals surface area contributed by atoms with E-state index in [-0.39, 0.29) is 17.2 Å². The third-order valence-electron chi connectivity index (χ3n) is 6.61. The number of urea groups is 1. The number of hydrogen-bond acceptors (Lipinski definition) is 7. The summed E-state index contributed by atoms with van der Waals surface area (Å²) in [6, 6.07) is 8.18. The molecule has 1 saturated heterocycles. The lowest BCUT2D eigenvalue weighted by atomic mass is 10.1. The van der Waals surface area contributed by atoms with Crippen LogP contribution in [0.15, 0.2) is 36.7 Å². The van der Waals surface area contributed by atoms with E-state index >= 15 is 0 Å². The van der Waals surface area contributed by atoms with Crippen LogP contribution in [0.4, 0.5) is 20.7 Å². The van der Waals surface area contributed by atoms with Gasteiger partial charge in [0.2, 0.25) is 0 Å². The van der Waals surface area contributed by atoms with Crippen molar-refractivity contribution >= 4 is 40.0 Å². The average molecular weight is 559 g/mol. The van der Waals surface area contributed by atoms with Crippen LogP contribution < -0.4 is 25.4 Å². The molecule has 11 heteroatoms. The first-order valence-electron chi connectivity index (χ1n) is 13.4. The summed E-state index contributed by atoms with van der Waals surface area (Å²) in [6.45, 7) is 6.20. The third kappa shape index (κ3) is 7.83. The van der Waals surface area contributed by atoms with Crippen molar-refractivity contribution in [3.05, 3.63) is 47.5 Å². The van der Waals surface area contributed by atoms with E-state index in [4.69, 9.17) is 21.1 Å². The number of fused-ring (bicyclic) bond motifs is 1. The summed E-state index contributed by atoms with van der Waals surface area (Å²) in [5.41, 5.74) is 1.30. The van der Waals surface area contributed by atoms with Crippen LogP contribution in [0.2, 0.25) is 5.02 Å². The number of halogens is 2. The number of nitrogens with zero attached hydrogens (tertiary/aromatic N) is 3. The number of hydrogen-bond donors (Lipinski definition) is 3. The molecule has 3 aromatic rings. The van der Waals surface area contributed by atoms with Crippen LogP contribution in [0.25, 0.3) is 10.9 Å². The Hall–Kier alpha value is -3.37. The maximum absolute atomic E-state index is 13.6. The fourth-order valence-corrected chi connectivity index (χ4v) is 4.77. The van der Waals surface area contributed by atoms with Gasteiger partial charge in [0.25, 0.3) is 0 Å². The van der Waals surface area contributed by atoms with Gasteiger partial charge in [-0.15, -0.1) is 0 Å². The molecule has 3 N–H and O–H groups in total. The standard InChI is InChI=1S/C28H36ClFN6O3/c1-3-6-20(7-4-10-31-11-5-13-36-14-12-32-28(36)37)39-26-16-21-24(17-25(26)38-2)33-18-34-27(21)35-19-8-9-23(30)22(29)15-19/h8-9,15-18,20,31H,3-7,10-14H2,1-2H3,(H,32,37)(H,33,34,35). The van der Waals surface area contributed by atoms with Gasteiger partial charge >= 0.3 is 6.03 Å². The molecular weight excluding hydrogens is 523 g/mol. The van der Waals surface area contributed by atoms with Gasteiger partial charge in [-0.3, -0.25) is 0 Å². The van der Waals surface area contributed by atoms with E-state index in [0.29, 0.717) is 28.5 Å². The highest BCUT2D eigenvalue weighted by molar-refractivity contribution is 6.31. The molecule has 1 aliphatic heterocycles. The Labute approximate surface area is 233 Å². The Kier molecular flexibility index (Phi) is 10.4. The topological polar surface area (TPSA) is 101 Å². The van der Waals surface area contributed by atoms with Crippen LogP contribution in [-0.4, -0.2) is 66.8 Å². The quantitative estimate of drug-likeness (QED) is 0.212. The smallest absolute Gasteiger partial charge is 0.317 e. The van der Waals surface area contributed by atoms with Crippen molar-refractivity contribution in [2.24, 2.45) is 0 Å². The van der Waals surface area contributed by atoms with E-state index in [2.05, 4.69) is 32.8 Å². The number of carbonyl (C=O) groups excluding carboxylic acids is 1. The van der Waals surface area contributed by atoms with Gasteiger partial charge in [-0.1, -0.05) is 24.9 Å². The summed E-state index contributed by atoms with van der Waals surface area (Å²) in [4.78, 5) is 22.2. The van der Waals surface area contributed by atoms with Gasteiger partial charge in [0.1, 0.15) is 18.0 Å². The first-order chi connectivity index (χ1) is 19.0. The molecule has 2 heterocycles. The highest BCUT2D eigenvalue weighted by Gasteiger charge is 2.19. The molecule has 2 aromatic carbocycles. The third-order valence-corrected chi connectivity index (χ3v) is 6.90. The molecular formula is C28H36ClFN6O3. The fraction of sp³-hybridized carbons (Fsp3) is 0.464. The largest absolute Gasteiger partial charge is 0.493 e. The van der Waals surface area contributed by atoms with Crippen LogP contribution in [0.5, 0.6) is 11.5 Å². The highest BCUT2D eigenvalue weighted by atomic mass is 35.5. The number of benzene rings is 2. The van der Waals surface area contributed by atoms with Crippen LogP contribution >= 0.6 is 11.6 Å². The average Bonchev–Trinajstić information content (AvgIpc) is 3.34. The first-order valence-corrected chi connectivity index (χ1v) is 13.8. The molecule has 9 nitrogen and oxygen atoms in total. The van der Waals surface area contributed by atoms with Crippen LogP contribution in [0.3, 0.4) is 0 Å². The molecule has 1 fully saturated rings. The van der Waals surface area contributed by atoms with Gasteiger partial charge in [0, 0.05) is 36.8 Å². The second-order valence-electron chi connectivity index (χ2n) is 9.49. The monoisotopic (exact) mass is 558 g/mol. The van der Waals surface area contributed by atoms with Crippen molar-refractivity contribution in [1.82, 2.24) is 25.5 Å². The normalized spacial score (nSPS) is 13.9. The van der Waals surface area contributed by atoms with Gasteiger partial charge < -0.3 is 30.3 Å². The maximum atomic E-state index is 13.6. The van der Waals surface area contributed by atoms with Gasteiger partial charge in [-0.2, -0.15) is 0 Å². The SMILES string of the molecule is CCCC(CCCNCCCN1CCNC1=O)Oc1cc2c(Nc3ccc(F)c(Cl)c3)ncnc2cc1OC. The molecule has 1 aromatic heterocycles. The molecule has 2 amide bonds. The Morgan fingerprint density at radius 2 is 2.00 bits per heavy atom. The summed E-state index contributed by atoms with van der Waals surface area (Å²) in [7, 11) is 1.61. The molecule has 0 saturated carbocycles. The van der Waals surface area contributed by atoms with E-state index in [0.717, 1.165) is 70.2 Å². The zero-order chi connectivity index (χ0) is 27.6. The van der Waals surface area contributed by atoms with Gasteiger partial charge in [-0.25, -0.2) is 19.2 Å². The number of aromatic nitrogens is 2. The zero-order valence-corrected chi connectivity index (χ0v) is 23.2. The minimum Gasteiger partial charge on any atom is -0.493 e. The second-order valence-corrected chi connectivity index (χ2v) is 9.90. The summed E-state index contributed by atoms with van der Waals surface area (Å²) < 4.78 is 25.7. The van der Waals surface area contributed by atoms with Crippen molar-refractivity contribution in [3.8, 4) is 11.5 Å². The van der Waals surface area contributed by atoms with Crippen molar-refractivity contribution in [1.29, 1.82) is 0 Å². The van der Waals surface area contributed by atoms with E-state index in [1.165, 1.54) is 18.5 Å². The number of methoxy groups -OCH3 is 1. The van der Waals surface area contributed by atoms with E-state index in [1.807, 2.05) is 17.0 Å². The predicted octanol–water partition coefficient (Wildman–Crippen LogP) is 5.51. The minimum atomic E-state index is -0.483. The molecule has 0 aliphatic carbocycles. The van der Waals surface area contributed by atoms with Gasteiger partial charge in [0.05, 0.1) is 23.8 Å². The van der Waals surface area contributed by atoms with E-state index < -0.39 is 5.82 Å². The lowest BCUT2D eigenvalue weighted by Gasteiger charge is -2.21. The number of nitrogens with one attached hydrogen (secondary N) is 3. The molecule has 1 atom stereocenters. The molecule has 1 aliphatic rings. The molecule has 4 rings (SSSR count). The Bertz CT molecular complexity index is 1260. The predicted molar refractivity (Wildman–Crippen MR) is 152 cm³/mol. The van der Waals surface area contributed by atoms with Crippen molar-refractivity contribution in [2.45, 2.75) is 45.1 Å². The molecule has 39 heavy (non-hydrogen) atoms. The lowest BCUT2D eigenvalue weighted by molar-refractivity contribution is 0.170. The van der Waals surface area contributed by atoms with Crippen molar-refractivity contribution < 1.29 is 18.7 Å². The number of amides is 2. The summed E-state index contributed by atoms with van der Waals surface area (Å²) in [6.07, 6.45) is 6.17. The van der Waals surface area contributed by atoms with Gasteiger partial charge in [-0.05, 0) is 63.0 Å². The maximum Gasteiger partial charge on any atom is 0.317 e. The number of rotatable bonds is 15. The highest BCUT2D eigenvalue weighted by Crippen LogP contribution is 2.36. The number of carbonyl (C=O) groups is 1. The summed E-state index contributed by atoms with van der Waals surface area (Å²) >= 11 is 5.95. The lowest BCUT2D eigenvalue weighted by Crippen LogP contribution is -2.31. The second kappa shape index (κ2) is 14.1. The van der Waals surface area contributed by atoms with Crippen molar-refractivity contribution in [3.63, 3.8) is 0 Å². The Morgan fingerprint density at radius 3 is 2.74 bits per heavy atom. The summed E-state index contributed by atoms with van der Waals surface area (Å²) in [5, 5.41) is 10.3. The molecule has 0 spiro atoms. The number of anilines is 2. The minimum absolute atomic E-state index is 0.0217. The molecule has 0 bridgehead atoms. The molecule has 1 unspecified atom stereocenters. The van der Waals surface area contributed by atoms with Crippen LogP contribution in [-0.2, 0) is 0 Å². The number of ether oxygens (including phenoxy) is 2. The van der Waals surface area contributed by atoms with Crippen LogP contribution in [0, 0.1) is 5.82 Å². The molecule has 210 valence electrons. The van der Waals surface area contributed by atoms with E-state index in [9.17, 15) is 9.18 Å². The van der Waals surface area contributed by atoms with Crippen LogP contribution in [0.1, 0.15) is 39.0 Å². The Morgan fingerprint density at radius 1 is 1.15 bits per heavy atom. The molecule has 0 radical (unpaired) electrons. The summed E-state index contributed by atoms with van der Waals surface area (Å²) in [5.74, 6) is 1.29. The van der Waals surface area contributed by atoms with Crippen molar-refractivity contribution in [2.75, 3.05) is 45.2 Å². The van der Waals surface area contributed by atoms with Gasteiger partial charge in [0.15, 0.2) is 11.5 Å². The zero-order valence-electron chi connectivity index (χ0n) is 22.4. The fourth-order valence-electron chi connectivity index (χ4n) is 4.59.